The van der Waals surface area contributed by atoms with Crippen LogP contribution in [0.1, 0.15) is 30.2 Å². The van der Waals surface area contributed by atoms with Gasteiger partial charge in [0.25, 0.3) is 0 Å². The molecule has 7 nitrogen and oxygen atoms in total. The highest BCUT2D eigenvalue weighted by atomic mass is 16.6. The number of furan rings is 1. The van der Waals surface area contributed by atoms with Gasteiger partial charge in [0.05, 0.1) is 24.3 Å². The van der Waals surface area contributed by atoms with E-state index in [1.807, 2.05) is 18.2 Å². The summed E-state index contributed by atoms with van der Waals surface area (Å²) in [6.45, 7) is 3.42. The van der Waals surface area contributed by atoms with Gasteiger partial charge in [0.2, 0.25) is 0 Å². The summed E-state index contributed by atoms with van der Waals surface area (Å²) in [6.07, 6.45) is 4.12. The Morgan fingerprint density at radius 2 is 2.16 bits per heavy atom. The number of hydrogen-bond donors (Lipinski definition) is 1. The first-order valence-corrected chi connectivity index (χ1v) is 8.48. The van der Waals surface area contributed by atoms with Gasteiger partial charge in [-0.1, -0.05) is 6.07 Å². The summed E-state index contributed by atoms with van der Waals surface area (Å²) in [5, 5.41) is 14.5. The van der Waals surface area contributed by atoms with E-state index < -0.39 is 4.92 Å². The zero-order valence-electron chi connectivity index (χ0n) is 14.3. The minimum atomic E-state index is -0.418. The lowest BCUT2D eigenvalue weighted by Crippen LogP contribution is -2.33. The number of ether oxygens (including phenoxy) is 1. The highest BCUT2D eigenvalue weighted by Gasteiger charge is 2.25. The van der Waals surface area contributed by atoms with Crippen molar-refractivity contribution in [1.82, 2.24) is 10.2 Å². The fourth-order valence-corrected chi connectivity index (χ4v) is 3.29. The van der Waals surface area contributed by atoms with Crippen molar-refractivity contribution in [1.29, 1.82) is 0 Å². The minimum Gasteiger partial charge on any atom is -0.490 e. The molecule has 2 aromatic rings. The predicted molar refractivity (Wildman–Crippen MR) is 93.6 cm³/mol. The standard InChI is InChI=1S/C18H23N3O4/c1-24-17-7-6-14(11-15(17)21(22)23)12-19-13-16(18-5-4-10-25-18)20-8-2-3-9-20/h4-7,10-11,16,19H,2-3,8-9,12-13H2,1H3. The van der Waals surface area contributed by atoms with Crippen molar-refractivity contribution in [2.45, 2.75) is 25.4 Å². The summed E-state index contributed by atoms with van der Waals surface area (Å²) in [7, 11) is 1.43. The van der Waals surface area contributed by atoms with Crippen LogP contribution in [-0.4, -0.2) is 36.6 Å². The first-order valence-electron chi connectivity index (χ1n) is 8.48. The van der Waals surface area contributed by atoms with Crippen LogP contribution in [0.2, 0.25) is 0 Å². The number of nitro groups is 1. The van der Waals surface area contributed by atoms with Crippen LogP contribution in [0.25, 0.3) is 0 Å². The fraction of sp³-hybridized carbons (Fsp3) is 0.444. The Balaban J connectivity index is 1.64. The van der Waals surface area contributed by atoms with Crippen LogP contribution in [0.15, 0.2) is 41.0 Å². The van der Waals surface area contributed by atoms with Gasteiger partial charge in [-0.15, -0.1) is 0 Å². The Labute approximate surface area is 146 Å². The van der Waals surface area contributed by atoms with Crippen molar-refractivity contribution < 1.29 is 14.1 Å². The average Bonchev–Trinajstić information content (AvgIpc) is 3.32. The number of nitro benzene ring substituents is 1. The number of rotatable bonds is 8. The molecular formula is C18H23N3O4. The molecule has 0 amide bonds. The molecule has 7 heteroatoms. The Kier molecular flexibility index (Phi) is 5.67. The normalized spacial score (nSPS) is 16.0. The first-order chi connectivity index (χ1) is 12.2. The summed E-state index contributed by atoms with van der Waals surface area (Å²) in [6, 6.07) is 9.14. The van der Waals surface area contributed by atoms with Gasteiger partial charge in [-0.3, -0.25) is 15.0 Å². The quantitative estimate of drug-likeness (QED) is 0.585. The van der Waals surface area contributed by atoms with Crippen LogP contribution in [-0.2, 0) is 6.54 Å². The molecule has 0 saturated carbocycles. The number of likely N-dealkylation sites (tertiary alicyclic amines) is 1. The van der Waals surface area contributed by atoms with Crippen LogP contribution in [0.5, 0.6) is 5.75 Å². The number of nitrogens with one attached hydrogen (secondary N) is 1. The zero-order chi connectivity index (χ0) is 17.6. The number of hydrogen-bond acceptors (Lipinski definition) is 6. The van der Waals surface area contributed by atoms with Crippen LogP contribution < -0.4 is 10.1 Å². The molecule has 1 aromatic heterocycles. The molecule has 1 aliphatic rings. The van der Waals surface area contributed by atoms with Gasteiger partial charge in [-0.05, 0) is 49.7 Å². The molecule has 0 bridgehead atoms. The maximum Gasteiger partial charge on any atom is 0.311 e. The van der Waals surface area contributed by atoms with Gasteiger partial charge < -0.3 is 14.5 Å². The van der Waals surface area contributed by atoms with E-state index in [2.05, 4.69) is 10.2 Å². The Hall–Kier alpha value is -2.38. The van der Waals surface area contributed by atoms with E-state index in [9.17, 15) is 10.1 Å². The van der Waals surface area contributed by atoms with Crippen molar-refractivity contribution >= 4 is 5.69 Å². The fourth-order valence-electron chi connectivity index (χ4n) is 3.29. The molecule has 1 aromatic carbocycles. The Bertz CT molecular complexity index is 696. The van der Waals surface area contributed by atoms with Gasteiger partial charge in [-0.2, -0.15) is 0 Å². The second-order valence-electron chi connectivity index (χ2n) is 6.17. The Morgan fingerprint density at radius 1 is 1.36 bits per heavy atom. The van der Waals surface area contributed by atoms with Crippen LogP contribution in [0.3, 0.4) is 0 Å². The van der Waals surface area contributed by atoms with Crippen molar-refractivity contribution in [2.24, 2.45) is 0 Å². The summed E-state index contributed by atoms with van der Waals surface area (Å²) >= 11 is 0. The van der Waals surface area contributed by atoms with Gasteiger partial charge in [0.15, 0.2) is 5.75 Å². The Morgan fingerprint density at radius 3 is 2.80 bits per heavy atom. The average molecular weight is 345 g/mol. The van der Waals surface area contributed by atoms with Crippen molar-refractivity contribution in [3.63, 3.8) is 0 Å². The molecule has 2 heterocycles. The lowest BCUT2D eigenvalue weighted by Gasteiger charge is -2.26. The topological polar surface area (TPSA) is 80.8 Å². The molecule has 0 spiro atoms. The number of benzene rings is 1. The summed E-state index contributed by atoms with van der Waals surface area (Å²) < 4.78 is 10.6. The molecule has 25 heavy (non-hydrogen) atoms. The minimum absolute atomic E-state index is 0.0103. The maximum absolute atomic E-state index is 11.1. The van der Waals surface area contributed by atoms with E-state index in [1.165, 1.54) is 20.0 Å². The molecule has 0 aliphatic carbocycles. The monoisotopic (exact) mass is 345 g/mol. The smallest absolute Gasteiger partial charge is 0.311 e. The molecule has 1 atom stereocenters. The van der Waals surface area contributed by atoms with Crippen molar-refractivity contribution in [3.8, 4) is 5.75 Å². The predicted octanol–water partition coefficient (Wildman–Crippen LogP) is 3.12. The SMILES string of the molecule is COc1ccc(CNCC(c2ccco2)N2CCCC2)cc1[N+](=O)[O-]. The van der Waals surface area contributed by atoms with Gasteiger partial charge in [0.1, 0.15) is 5.76 Å². The van der Waals surface area contributed by atoms with Crippen LogP contribution in [0.4, 0.5) is 5.69 Å². The van der Waals surface area contributed by atoms with E-state index in [1.54, 1.807) is 18.4 Å². The van der Waals surface area contributed by atoms with Crippen molar-refractivity contribution in [3.05, 3.63) is 58.0 Å². The third-order valence-corrected chi connectivity index (χ3v) is 4.56. The molecular weight excluding hydrogens is 322 g/mol. The van der Waals surface area contributed by atoms with Crippen molar-refractivity contribution in [2.75, 3.05) is 26.7 Å². The number of methoxy groups -OCH3 is 1. The van der Waals surface area contributed by atoms with Crippen LogP contribution in [0, 0.1) is 10.1 Å². The zero-order valence-corrected chi connectivity index (χ0v) is 14.3. The van der Waals surface area contributed by atoms with Gasteiger partial charge in [0, 0.05) is 19.2 Å². The molecule has 3 rings (SSSR count). The lowest BCUT2D eigenvalue weighted by atomic mass is 10.1. The van der Waals surface area contributed by atoms with Crippen LogP contribution >= 0.6 is 0 Å². The third kappa shape index (κ3) is 4.18. The summed E-state index contributed by atoms with van der Waals surface area (Å²) in [5.41, 5.74) is 0.844. The van der Waals surface area contributed by atoms with Gasteiger partial charge >= 0.3 is 5.69 Å². The molecule has 1 fully saturated rings. The largest absolute Gasteiger partial charge is 0.490 e. The molecule has 134 valence electrons. The molecule has 0 radical (unpaired) electrons. The lowest BCUT2D eigenvalue weighted by molar-refractivity contribution is -0.385. The summed E-state index contributed by atoms with van der Waals surface area (Å²) in [4.78, 5) is 13.1. The highest BCUT2D eigenvalue weighted by molar-refractivity contribution is 5.48. The highest BCUT2D eigenvalue weighted by Crippen LogP contribution is 2.28. The molecule has 1 aliphatic heterocycles. The third-order valence-electron chi connectivity index (χ3n) is 4.56. The second-order valence-corrected chi connectivity index (χ2v) is 6.17. The summed E-state index contributed by atoms with van der Waals surface area (Å²) in [5.74, 6) is 1.23. The molecule has 1 unspecified atom stereocenters. The first kappa shape index (κ1) is 17.4. The molecule has 1 saturated heterocycles. The van der Waals surface area contributed by atoms with E-state index in [0.29, 0.717) is 6.54 Å². The van der Waals surface area contributed by atoms with E-state index in [-0.39, 0.29) is 17.5 Å². The van der Waals surface area contributed by atoms with E-state index in [4.69, 9.17) is 9.15 Å². The van der Waals surface area contributed by atoms with E-state index >= 15 is 0 Å². The van der Waals surface area contributed by atoms with Gasteiger partial charge in [-0.25, -0.2) is 0 Å². The number of nitrogens with zero attached hydrogens (tertiary/aromatic N) is 2. The molecule has 1 N–H and O–H groups in total. The maximum atomic E-state index is 11.1. The second kappa shape index (κ2) is 8.13. The van der Waals surface area contributed by atoms with E-state index in [0.717, 1.165) is 31.0 Å².